The first-order chi connectivity index (χ1) is 8.22. The van der Waals surface area contributed by atoms with Gasteiger partial charge in [0.15, 0.2) is 0 Å². The standard InChI is InChI=1S/C14H16N2O/c1-10(2)12-7-6-11(9-16-12)14-13(17-3)5-4-8-15-14/h4-10H,1-3H3. The molecule has 0 aliphatic heterocycles. The van der Waals surface area contributed by atoms with Gasteiger partial charge in [-0.25, -0.2) is 0 Å². The molecule has 3 heteroatoms. The van der Waals surface area contributed by atoms with Crippen LogP contribution in [0.25, 0.3) is 11.3 Å². The summed E-state index contributed by atoms with van der Waals surface area (Å²) in [4.78, 5) is 8.76. The summed E-state index contributed by atoms with van der Waals surface area (Å²) in [5.74, 6) is 1.21. The minimum atomic E-state index is 0.440. The molecular weight excluding hydrogens is 212 g/mol. The fourth-order valence-corrected chi connectivity index (χ4v) is 1.66. The van der Waals surface area contributed by atoms with Gasteiger partial charge in [-0.2, -0.15) is 0 Å². The van der Waals surface area contributed by atoms with Gasteiger partial charge in [0.2, 0.25) is 0 Å². The average molecular weight is 228 g/mol. The molecule has 2 rings (SSSR count). The molecule has 0 aromatic carbocycles. The number of pyridine rings is 2. The van der Waals surface area contributed by atoms with E-state index < -0.39 is 0 Å². The first-order valence-electron chi connectivity index (χ1n) is 5.67. The zero-order chi connectivity index (χ0) is 12.3. The molecule has 0 radical (unpaired) electrons. The van der Waals surface area contributed by atoms with Crippen LogP contribution >= 0.6 is 0 Å². The maximum absolute atomic E-state index is 5.29. The largest absolute Gasteiger partial charge is 0.494 e. The maximum atomic E-state index is 5.29. The number of hydrogen-bond acceptors (Lipinski definition) is 3. The number of rotatable bonds is 3. The summed E-state index contributed by atoms with van der Waals surface area (Å²) in [6.07, 6.45) is 3.61. The van der Waals surface area contributed by atoms with Crippen molar-refractivity contribution in [2.75, 3.05) is 7.11 Å². The predicted molar refractivity (Wildman–Crippen MR) is 68.1 cm³/mol. The number of methoxy groups -OCH3 is 1. The molecule has 0 amide bonds. The minimum absolute atomic E-state index is 0.440. The predicted octanol–water partition coefficient (Wildman–Crippen LogP) is 3.28. The van der Waals surface area contributed by atoms with E-state index in [4.69, 9.17) is 4.74 Å². The Labute approximate surface area is 102 Å². The average Bonchev–Trinajstić information content (AvgIpc) is 2.39. The van der Waals surface area contributed by atoms with Crippen molar-refractivity contribution >= 4 is 0 Å². The smallest absolute Gasteiger partial charge is 0.145 e. The number of aromatic nitrogens is 2. The van der Waals surface area contributed by atoms with Gasteiger partial charge in [0.1, 0.15) is 11.4 Å². The summed E-state index contributed by atoms with van der Waals surface area (Å²) in [6, 6.07) is 7.83. The Morgan fingerprint density at radius 1 is 1.12 bits per heavy atom. The van der Waals surface area contributed by atoms with Crippen molar-refractivity contribution in [1.29, 1.82) is 0 Å². The van der Waals surface area contributed by atoms with E-state index in [0.29, 0.717) is 5.92 Å². The second-order valence-electron chi connectivity index (χ2n) is 4.18. The summed E-state index contributed by atoms with van der Waals surface area (Å²) >= 11 is 0. The monoisotopic (exact) mass is 228 g/mol. The molecule has 2 aromatic rings. The third-order valence-corrected chi connectivity index (χ3v) is 2.64. The second kappa shape index (κ2) is 4.95. The van der Waals surface area contributed by atoms with Gasteiger partial charge in [-0.1, -0.05) is 13.8 Å². The molecule has 88 valence electrons. The van der Waals surface area contributed by atoms with Crippen molar-refractivity contribution in [2.45, 2.75) is 19.8 Å². The van der Waals surface area contributed by atoms with Gasteiger partial charge in [-0.15, -0.1) is 0 Å². The Balaban J connectivity index is 2.40. The molecular formula is C14H16N2O. The first-order valence-corrected chi connectivity index (χ1v) is 5.67. The second-order valence-corrected chi connectivity index (χ2v) is 4.18. The molecule has 2 aromatic heterocycles. The number of hydrogen-bond donors (Lipinski definition) is 0. The lowest BCUT2D eigenvalue weighted by molar-refractivity contribution is 0.415. The lowest BCUT2D eigenvalue weighted by Gasteiger charge is -2.08. The van der Waals surface area contributed by atoms with Crippen molar-refractivity contribution < 1.29 is 4.74 Å². The molecule has 0 saturated carbocycles. The van der Waals surface area contributed by atoms with Gasteiger partial charge in [0.25, 0.3) is 0 Å². The lowest BCUT2D eigenvalue weighted by atomic mass is 10.1. The van der Waals surface area contributed by atoms with Gasteiger partial charge in [-0.05, 0) is 30.2 Å². The van der Waals surface area contributed by atoms with E-state index in [1.165, 1.54) is 0 Å². The molecule has 0 N–H and O–H groups in total. The van der Waals surface area contributed by atoms with Gasteiger partial charge in [-0.3, -0.25) is 9.97 Å². The van der Waals surface area contributed by atoms with Crippen LogP contribution in [-0.4, -0.2) is 17.1 Å². The van der Waals surface area contributed by atoms with Gasteiger partial charge in [0.05, 0.1) is 7.11 Å². The van der Waals surface area contributed by atoms with Crippen LogP contribution in [0.3, 0.4) is 0 Å². The lowest BCUT2D eigenvalue weighted by Crippen LogP contribution is -1.94. The Morgan fingerprint density at radius 3 is 2.53 bits per heavy atom. The molecule has 0 saturated heterocycles. The van der Waals surface area contributed by atoms with Crippen LogP contribution in [-0.2, 0) is 0 Å². The van der Waals surface area contributed by atoms with E-state index in [-0.39, 0.29) is 0 Å². The summed E-state index contributed by atoms with van der Waals surface area (Å²) in [6.45, 7) is 4.26. The highest BCUT2D eigenvalue weighted by Crippen LogP contribution is 2.27. The van der Waals surface area contributed by atoms with Gasteiger partial charge < -0.3 is 4.74 Å². The van der Waals surface area contributed by atoms with Crippen LogP contribution in [0, 0.1) is 0 Å². The van der Waals surface area contributed by atoms with Crippen molar-refractivity contribution in [3.8, 4) is 17.0 Å². The van der Waals surface area contributed by atoms with Crippen LogP contribution in [0.4, 0.5) is 0 Å². The summed E-state index contributed by atoms with van der Waals surface area (Å²) in [5, 5.41) is 0. The molecule has 3 nitrogen and oxygen atoms in total. The van der Waals surface area contributed by atoms with E-state index in [2.05, 4.69) is 23.8 Å². The van der Waals surface area contributed by atoms with E-state index in [0.717, 1.165) is 22.7 Å². The highest BCUT2D eigenvalue weighted by atomic mass is 16.5. The molecule has 0 atom stereocenters. The maximum Gasteiger partial charge on any atom is 0.145 e. The van der Waals surface area contributed by atoms with Crippen molar-refractivity contribution in [3.05, 3.63) is 42.4 Å². The molecule has 2 heterocycles. The van der Waals surface area contributed by atoms with E-state index in [1.807, 2.05) is 30.5 Å². The molecule has 0 bridgehead atoms. The summed E-state index contributed by atoms with van der Waals surface area (Å²) in [7, 11) is 1.65. The van der Waals surface area contributed by atoms with Crippen LogP contribution in [0.15, 0.2) is 36.7 Å². The summed E-state index contributed by atoms with van der Waals surface area (Å²) < 4.78 is 5.29. The van der Waals surface area contributed by atoms with Crippen LogP contribution in [0.5, 0.6) is 5.75 Å². The zero-order valence-corrected chi connectivity index (χ0v) is 10.3. The third-order valence-electron chi connectivity index (χ3n) is 2.64. The highest BCUT2D eigenvalue weighted by molar-refractivity contribution is 5.65. The SMILES string of the molecule is COc1cccnc1-c1ccc(C(C)C)nc1. The fraction of sp³-hybridized carbons (Fsp3) is 0.286. The Morgan fingerprint density at radius 2 is 1.94 bits per heavy atom. The van der Waals surface area contributed by atoms with Crippen LogP contribution in [0.1, 0.15) is 25.5 Å². The van der Waals surface area contributed by atoms with Crippen LogP contribution in [0.2, 0.25) is 0 Å². The van der Waals surface area contributed by atoms with Gasteiger partial charge in [0, 0.05) is 23.7 Å². The van der Waals surface area contributed by atoms with Crippen molar-refractivity contribution in [3.63, 3.8) is 0 Å². The van der Waals surface area contributed by atoms with E-state index in [9.17, 15) is 0 Å². The first kappa shape index (κ1) is 11.6. The highest BCUT2D eigenvalue weighted by Gasteiger charge is 2.07. The molecule has 0 spiro atoms. The fourth-order valence-electron chi connectivity index (χ4n) is 1.66. The van der Waals surface area contributed by atoms with Gasteiger partial charge >= 0.3 is 0 Å². The van der Waals surface area contributed by atoms with Crippen LogP contribution < -0.4 is 4.74 Å². The normalized spacial score (nSPS) is 10.6. The zero-order valence-electron chi connectivity index (χ0n) is 10.3. The Hall–Kier alpha value is -1.90. The van der Waals surface area contributed by atoms with E-state index >= 15 is 0 Å². The molecule has 0 aliphatic carbocycles. The topological polar surface area (TPSA) is 35.0 Å². The number of ether oxygens (including phenoxy) is 1. The Bertz CT molecular complexity index is 492. The van der Waals surface area contributed by atoms with Crippen molar-refractivity contribution in [2.24, 2.45) is 0 Å². The van der Waals surface area contributed by atoms with E-state index in [1.54, 1.807) is 13.3 Å². The third kappa shape index (κ3) is 2.44. The molecule has 17 heavy (non-hydrogen) atoms. The molecule has 0 aliphatic rings. The quantitative estimate of drug-likeness (QED) is 0.808. The Kier molecular flexibility index (Phi) is 3.38. The minimum Gasteiger partial charge on any atom is -0.494 e. The summed E-state index contributed by atoms with van der Waals surface area (Å²) in [5.41, 5.74) is 2.90. The molecule has 0 fully saturated rings. The molecule has 0 unspecified atom stereocenters. The number of nitrogens with zero attached hydrogens (tertiary/aromatic N) is 2. The van der Waals surface area contributed by atoms with Crippen molar-refractivity contribution in [1.82, 2.24) is 9.97 Å².